The summed E-state index contributed by atoms with van der Waals surface area (Å²) < 4.78 is 16.2. The molecule has 7 heteroatoms. The second-order valence-electron chi connectivity index (χ2n) is 6.40. The van der Waals surface area contributed by atoms with Crippen LogP contribution in [0.15, 0.2) is 65.1 Å². The average Bonchev–Trinajstić information content (AvgIpc) is 3.24. The molecule has 0 fully saturated rings. The van der Waals surface area contributed by atoms with Gasteiger partial charge in [-0.1, -0.05) is 30.3 Å². The van der Waals surface area contributed by atoms with Crippen molar-refractivity contribution in [2.24, 2.45) is 0 Å². The number of hydrogen-bond acceptors (Lipinski definition) is 7. The molecule has 0 aliphatic rings. The molecule has 0 saturated heterocycles. The lowest BCUT2D eigenvalue weighted by Gasteiger charge is -2.11. The van der Waals surface area contributed by atoms with Gasteiger partial charge in [0.1, 0.15) is 17.1 Å². The molecule has 146 valence electrons. The van der Waals surface area contributed by atoms with E-state index < -0.39 is 12.1 Å². The lowest BCUT2D eigenvalue weighted by molar-refractivity contribution is 0.0277. The van der Waals surface area contributed by atoms with E-state index in [4.69, 9.17) is 13.9 Å². The maximum absolute atomic E-state index is 12.6. The lowest BCUT2D eigenvalue weighted by atomic mass is 10.1. The van der Waals surface area contributed by atoms with E-state index in [-0.39, 0.29) is 17.2 Å². The van der Waals surface area contributed by atoms with Gasteiger partial charge in [0.25, 0.3) is 5.89 Å². The highest BCUT2D eigenvalue weighted by Gasteiger charge is 2.22. The minimum Gasteiger partial charge on any atom is -0.506 e. The molecule has 1 atom stereocenters. The Morgan fingerprint density at radius 2 is 1.79 bits per heavy atom. The van der Waals surface area contributed by atoms with Gasteiger partial charge in [0.2, 0.25) is 5.89 Å². The number of fused-ring (bicyclic) bond motifs is 1. The summed E-state index contributed by atoms with van der Waals surface area (Å²) in [5.74, 6) is 0.379. The molecule has 0 amide bonds. The summed E-state index contributed by atoms with van der Waals surface area (Å²) in [6.07, 6.45) is -0.784. The van der Waals surface area contributed by atoms with Crippen LogP contribution >= 0.6 is 0 Å². The van der Waals surface area contributed by atoms with Crippen molar-refractivity contribution in [3.8, 4) is 23.0 Å². The first-order chi connectivity index (χ1) is 14.1. The van der Waals surface area contributed by atoms with Crippen molar-refractivity contribution in [3.63, 3.8) is 0 Å². The second-order valence-corrected chi connectivity index (χ2v) is 6.40. The van der Waals surface area contributed by atoms with Crippen molar-refractivity contribution < 1.29 is 23.8 Å². The number of ether oxygens (including phenoxy) is 2. The standard InChI is InChI=1S/C22H18N2O5/c1-13(20-23-24-21(29-20)15-7-10-16(27-2)11-8-15)28-22(26)18-12-9-14-5-3-4-6-17(14)19(18)25/h3-13,25H,1-2H3/t13-/m1/s1. The minimum absolute atomic E-state index is 0.0745. The first-order valence-electron chi connectivity index (χ1n) is 8.96. The zero-order valence-electron chi connectivity index (χ0n) is 15.8. The number of carbonyl (C=O) groups excluding carboxylic acids is 1. The normalized spacial score (nSPS) is 11.9. The number of benzene rings is 3. The van der Waals surface area contributed by atoms with Crippen LogP contribution in [-0.4, -0.2) is 28.4 Å². The topological polar surface area (TPSA) is 94.7 Å². The molecule has 0 spiro atoms. The summed E-state index contributed by atoms with van der Waals surface area (Å²) >= 11 is 0. The molecule has 4 aromatic rings. The number of esters is 1. The third-order valence-corrected chi connectivity index (χ3v) is 4.53. The Morgan fingerprint density at radius 1 is 1.03 bits per heavy atom. The molecule has 3 aromatic carbocycles. The van der Waals surface area contributed by atoms with Crippen molar-refractivity contribution >= 4 is 16.7 Å². The van der Waals surface area contributed by atoms with E-state index in [1.165, 1.54) is 6.07 Å². The fourth-order valence-electron chi connectivity index (χ4n) is 2.94. The summed E-state index contributed by atoms with van der Waals surface area (Å²) in [6, 6.07) is 17.7. The molecule has 1 N–H and O–H groups in total. The maximum atomic E-state index is 12.6. The van der Waals surface area contributed by atoms with Crippen molar-refractivity contribution in [2.75, 3.05) is 7.11 Å². The molecular formula is C22H18N2O5. The number of rotatable bonds is 5. The molecule has 0 radical (unpaired) electrons. The van der Waals surface area contributed by atoms with Gasteiger partial charge >= 0.3 is 5.97 Å². The van der Waals surface area contributed by atoms with Gasteiger partial charge in [0.05, 0.1) is 7.11 Å². The van der Waals surface area contributed by atoms with Gasteiger partial charge in [-0.15, -0.1) is 10.2 Å². The summed E-state index contributed by atoms with van der Waals surface area (Å²) in [7, 11) is 1.59. The molecule has 29 heavy (non-hydrogen) atoms. The average molecular weight is 390 g/mol. The smallest absolute Gasteiger partial charge is 0.342 e. The van der Waals surface area contributed by atoms with Crippen LogP contribution in [0, 0.1) is 0 Å². The Morgan fingerprint density at radius 3 is 2.55 bits per heavy atom. The molecule has 0 aliphatic heterocycles. The molecule has 7 nitrogen and oxygen atoms in total. The second kappa shape index (κ2) is 7.63. The number of carbonyl (C=O) groups is 1. The minimum atomic E-state index is -0.784. The summed E-state index contributed by atoms with van der Waals surface area (Å²) in [5.41, 5.74) is 0.792. The molecule has 4 rings (SSSR count). The van der Waals surface area contributed by atoms with Crippen molar-refractivity contribution in [3.05, 3.63) is 72.1 Å². The monoisotopic (exact) mass is 390 g/mol. The quantitative estimate of drug-likeness (QED) is 0.501. The highest BCUT2D eigenvalue weighted by Crippen LogP contribution is 2.31. The van der Waals surface area contributed by atoms with E-state index in [9.17, 15) is 9.90 Å². The fraction of sp³-hybridized carbons (Fsp3) is 0.136. The third-order valence-electron chi connectivity index (χ3n) is 4.53. The van der Waals surface area contributed by atoms with Crippen LogP contribution in [0.2, 0.25) is 0 Å². The van der Waals surface area contributed by atoms with E-state index in [0.29, 0.717) is 17.0 Å². The van der Waals surface area contributed by atoms with E-state index in [2.05, 4.69) is 10.2 Å². The van der Waals surface area contributed by atoms with Crippen LogP contribution in [0.5, 0.6) is 11.5 Å². The van der Waals surface area contributed by atoms with Gasteiger partial charge in [-0.05, 0) is 42.6 Å². The molecule has 1 heterocycles. The number of nitrogens with zero attached hydrogens (tertiary/aromatic N) is 2. The van der Waals surface area contributed by atoms with Gasteiger partial charge in [0.15, 0.2) is 6.10 Å². The molecule has 1 aromatic heterocycles. The van der Waals surface area contributed by atoms with Gasteiger partial charge < -0.3 is 19.0 Å². The summed E-state index contributed by atoms with van der Waals surface area (Å²) in [5, 5.41) is 19.8. The van der Waals surface area contributed by atoms with Gasteiger partial charge in [-0.2, -0.15) is 0 Å². The molecule has 0 saturated carbocycles. The van der Waals surface area contributed by atoms with Gasteiger partial charge in [-0.3, -0.25) is 0 Å². The lowest BCUT2D eigenvalue weighted by Crippen LogP contribution is -2.10. The van der Waals surface area contributed by atoms with Crippen LogP contribution in [-0.2, 0) is 4.74 Å². The van der Waals surface area contributed by atoms with E-state index in [0.717, 1.165) is 10.9 Å². The third kappa shape index (κ3) is 3.62. The summed E-state index contributed by atoms with van der Waals surface area (Å²) in [6.45, 7) is 1.63. The highest BCUT2D eigenvalue weighted by molar-refractivity contribution is 6.01. The predicted molar refractivity (Wildman–Crippen MR) is 106 cm³/mol. The number of aromatic nitrogens is 2. The largest absolute Gasteiger partial charge is 0.506 e. The fourth-order valence-corrected chi connectivity index (χ4v) is 2.94. The summed E-state index contributed by atoms with van der Waals surface area (Å²) in [4.78, 5) is 12.6. The van der Waals surface area contributed by atoms with E-state index in [1.807, 2.05) is 12.1 Å². The first-order valence-corrected chi connectivity index (χ1v) is 8.96. The van der Waals surface area contributed by atoms with Crippen molar-refractivity contribution in [1.29, 1.82) is 0 Å². The number of methoxy groups -OCH3 is 1. The zero-order chi connectivity index (χ0) is 20.4. The molecular weight excluding hydrogens is 372 g/mol. The van der Waals surface area contributed by atoms with Crippen molar-refractivity contribution in [2.45, 2.75) is 13.0 Å². The van der Waals surface area contributed by atoms with Gasteiger partial charge in [0, 0.05) is 10.9 Å². The molecule has 0 aliphatic carbocycles. The highest BCUT2D eigenvalue weighted by atomic mass is 16.6. The van der Waals surface area contributed by atoms with E-state index in [1.54, 1.807) is 56.5 Å². The Bertz CT molecular complexity index is 1170. The molecule has 0 unspecified atom stereocenters. The van der Waals surface area contributed by atoms with Crippen LogP contribution in [0.3, 0.4) is 0 Å². The Kier molecular flexibility index (Phi) is 4.87. The van der Waals surface area contributed by atoms with Crippen LogP contribution in [0.1, 0.15) is 29.3 Å². The number of aromatic hydroxyl groups is 1. The number of phenolic OH excluding ortho intramolecular Hbond substituents is 1. The predicted octanol–water partition coefficient (Wildman–Crippen LogP) is 4.52. The Hall–Kier alpha value is -3.87. The van der Waals surface area contributed by atoms with Crippen LogP contribution in [0.25, 0.3) is 22.2 Å². The number of hydrogen-bond donors (Lipinski definition) is 1. The SMILES string of the molecule is COc1ccc(-c2nnc([C@@H](C)OC(=O)c3ccc4ccccc4c3O)o2)cc1. The Balaban J connectivity index is 1.52. The number of phenols is 1. The van der Waals surface area contributed by atoms with Crippen LogP contribution in [0.4, 0.5) is 0 Å². The van der Waals surface area contributed by atoms with E-state index >= 15 is 0 Å². The van der Waals surface area contributed by atoms with Crippen LogP contribution < -0.4 is 4.74 Å². The Labute approximate surface area is 166 Å². The van der Waals surface area contributed by atoms with Crippen molar-refractivity contribution in [1.82, 2.24) is 10.2 Å². The molecule has 0 bridgehead atoms. The maximum Gasteiger partial charge on any atom is 0.342 e. The zero-order valence-corrected chi connectivity index (χ0v) is 15.8. The van der Waals surface area contributed by atoms with Gasteiger partial charge in [-0.25, -0.2) is 4.79 Å². The first kappa shape index (κ1) is 18.5.